The van der Waals surface area contributed by atoms with Crippen LogP contribution in [0.4, 0.5) is 0 Å². The highest BCUT2D eigenvalue weighted by Gasteiger charge is 2.16. The van der Waals surface area contributed by atoms with Gasteiger partial charge in [0.25, 0.3) is 5.91 Å². The lowest BCUT2D eigenvalue weighted by Crippen LogP contribution is -2.28. The largest absolute Gasteiger partial charge is 0.378 e. The van der Waals surface area contributed by atoms with Gasteiger partial charge in [-0.25, -0.2) is 0 Å². The van der Waals surface area contributed by atoms with Crippen LogP contribution in [0.3, 0.4) is 0 Å². The summed E-state index contributed by atoms with van der Waals surface area (Å²) in [6.45, 7) is 3.60. The second-order valence-electron chi connectivity index (χ2n) is 7.05. The highest BCUT2D eigenvalue weighted by Crippen LogP contribution is 2.23. The third-order valence-corrected chi connectivity index (χ3v) is 5.20. The average molecular weight is 330 g/mol. The zero-order chi connectivity index (χ0) is 16.6. The van der Waals surface area contributed by atoms with Gasteiger partial charge in [0, 0.05) is 25.3 Å². The van der Waals surface area contributed by atoms with Gasteiger partial charge in [0.05, 0.1) is 6.10 Å². The number of amides is 1. The Morgan fingerprint density at radius 3 is 2.62 bits per heavy atom. The summed E-state index contributed by atoms with van der Waals surface area (Å²) in [6, 6.07) is 8.12. The predicted molar refractivity (Wildman–Crippen MR) is 96.4 cm³/mol. The van der Waals surface area contributed by atoms with E-state index in [1.165, 1.54) is 44.1 Å². The quantitative estimate of drug-likeness (QED) is 0.755. The Hall–Kier alpha value is -1.39. The SMILES string of the molecule is O=C(NCCCOC1CCCC1)c1ccc(C2CCCNC2)cc1. The normalized spacial score (nSPS) is 21.8. The van der Waals surface area contributed by atoms with Crippen LogP contribution in [0.1, 0.15) is 66.8 Å². The molecule has 0 aromatic heterocycles. The number of benzene rings is 1. The monoisotopic (exact) mass is 330 g/mol. The highest BCUT2D eigenvalue weighted by molar-refractivity contribution is 5.94. The van der Waals surface area contributed by atoms with Gasteiger partial charge in [-0.2, -0.15) is 0 Å². The first-order chi connectivity index (χ1) is 11.8. The molecule has 1 amide bonds. The van der Waals surface area contributed by atoms with E-state index in [1.54, 1.807) is 0 Å². The summed E-state index contributed by atoms with van der Waals surface area (Å²) in [7, 11) is 0. The van der Waals surface area contributed by atoms with Crippen molar-refractivity contribution in [2.45, 2.75) is 57.0 Å². The molecule has 1 heterocycles. The smallest absolute Gasteiger partial charge is 0.251 e. The Labute approximate surface area is 145 Å². The molecule has 0 radical (unpaired) electrons. The van der Waals surface area contributed by atoms with E-state index >= 15 is 0 Å². The number of hydrogen-bond acceptors (Lipinski definition) is 3. The average Bonchev–Trinajstić information content (AvgIpc) is 3.16. The molecule has 24 heavy (non-hydrogen) atoms. The van der Waals surface area contributed by atoms with E-state index in [0.717, 1.165) is 31.7 Å². The van der Waals surface area contributed by atoms with Crippen molar-refractivity contribution in [3.63, 3.8) is 0 Å². The van der Waals surface area contributed by atoms with Crippen LogP contribution >= 0.6 is 0 Å². The van der Waals surface area contributed by atoms with Crippen LogP contribution in [0.5, 0.6) is 0 Å². The Bertz CT molecular complexity index is 503. The molecule has 3 rings (SSSR count). The maximum Gasteiger partial charge on any atom is 0.251 e. The summed E-state index contributed by atoms with van der Waals surface area (Å²) in [4.78, 5) is 12.2. The molecule has 1 saturated carbocycles. The molecule has 2 fully saturated rings. The molecule has 2 aliphatic rings. The summed E-state index contributed by atoms with van der Waals surface area (Å²) in [5.41, 5.74) is 2.09. The number of hydrogen-bond donors (Lipinski definition) is 2. The van der Waals surface area contributed by atoms with Crippen molar-refractivity contribution in [1.82, 2.24) is 10.6 Å². The van der Waals surface area contributed by atoms with E-state index in [1.807, 2.05) is 12.1 Å². The fourth-order valence-electron chi connectivity index (χ4n) is 3.72. The second-order valence-corrected chi connectivity index (χ2v) is 7.05. The van der Waals surface area contributed by atoms with Crippen LogP contribution in [0.15, 0.2) is 24.3 Å². The van der Waals surface area contributed by atoms with Crippen molar-refractivity contribution >= 4 is 5.91 Å². The molecule has 0 bridgehead atoms. The minimum absolute atomic E-state index is 0.0178. The molecule has 2 N–H and O–H groups in total. The van der Waals surface area contributed by atoms with Crippen LogP contribution in [0.25, 0.3) is 0 Å². The van der Waals surface area contributed by atoms with Crippen molar-refractivity contribution in [3.05, 3.63) is 35.4 Å². The number of carbonyl (C=O) groups is 1. The van der Waals surface area contributed by atoms with Crippen LogP contribution in [0.2, 0.25) is 0 Å². The van der Waals surface area contributed by atoms with E-state index in [9.17, 15) is 4.79 Å². The van der Waals surface area contributed by atoms with Gasteiger partial charge < -0.3 is 15.4 Å². The van der Waals surface area contributed by atoms with E-state index in [-0.39, 0.29) is 5.91 Å². The first-order valence-electron chi connectivity index (χ1n) is 9.53. The number of nitrogens with one attached hydrogen (secondary N) is 2. The van der Waals surface area contributed by atoms with E-state index in [0.29, 0.717) is 18.6 Å². The van der Waals surface area contributed by atoms with Crippen molar-refractivity contribution in [2.24, 2.45) is 0 Å². The molecule has 0 spiro atoms. The first-order valence-corrected chi connectivity index (χ1v) is 9.53. The Kier molecular flexibility index (Phi) is 6.67. The minimum atomic E-state index is 0.0178. The molecular weight excluding hydrogens is 300 g/mol. The molecule has 1 aliphatic heterocycles. The zero-order valence-corrected chi connectivity index (χ0v) is 14.6. The van der Waals surface area contributed by atoms with Crippen LogP contribution < -0.4 is 10.6 Å². The van der Waals surface area contributed by atoms with Crippen molar-refractivity contribution < 1.29 is 9.53 Å². The van der Waals surface area contributed by atoms with Crippen molar-refractivity contribution in [1.29, 1.82) is 0 Å². The maximum absolute atomic E-state index is 12.2. The lowest BCUT2D eigenvalue weighted by Gasteiger charge is -2.23. The molecule has 4 heteroatoms. The molecule has 1 aliphatic carbocycles. The number of ether oxygens (including phenoxy) is 1. The predicted octanol–water partition coefficient (Wildman–Crippen LogP) is 3.23. The van der Waals surface area contributed by atoms with E-state index < -0.39 is 0 Å². The van der Waals surface area contributed by atoms with Crippen LogP contribution in [-0.4, -0.2) is 38.3 Å². The number of rotatable bonds is 7. The number of carbonyl (C=O) groups excluding carboxylic acids is 1. The van der Waals surface area contributed by atoms with Crippen molar-refractivity contribution in [3.8, 4) is 0 Å². The molecule has 1 aromatic carbocycles. The fourth-order valence-corrected chi connectivity index (χ4v) is 3.72. The van der Waals surface area contributed by atoms with Gasteiger partial charge in [0.1, 0.15) is 0 Å². The summed E-state index contributed by atoms with van der Waals surface area (Å²) >= 11 is 0. The fraction of sp³-hybridized carbons (Fsp3) is 0.650. The summed E-state index contributed by atoms with van der Waals surface area (Å²) in [5.74, 6) is 0.604. The van der Waals surface area contributed by atoms with Crippen LogP contribution in [-0.2, 0) is 4.74 Å². The van der Waals surface area contributed by atoms with Gasteiger partial charge in [-0.05, 0) is 62.3 Å². The molecular formula is C20H30N2O2. The Morgan fingerprint density at radius 2 is 1.92 bits per heavy atom. The third kappa shape index (κ3) is 5.05. The van der Waals surface area contributed by atoms with Gasteiger partial charge in [0.15, 0.2) is 0 Å². The lowest BCUT2D eigenvalue weighted by atomic mass is 9.91. The summed E-state index contributed by atoms with van der Waals surface area (Å²) in [6.07, 6.45) is 8.82. The molecule has 1 saturated heterocycles. The van der Waals surface area contributed by atoms with Gasteiger partial charge in [-0.3, -0.25) is 4.79 Å². The summed E-state index contributed by atoms with van der Waals surface area (Å²) < 4.78 is 5.82. The van der Waals surface area contributed by atoms with Gasteiger partial charge in [-0.1, -0.05) is 25.0 Å². The number of piperidine rings is 1. The van der Waals surface area contributed by atoms with Gasteiger partial charge >= 0.3 is 0 Å². The first kappa shape index (κ1) is 17.4. The Morgan fingerprint density at radius 1 is 1.12 bits per heavy atom. The molecule has 1 aromatic rings. The van der Waals surface area contributed by atoms with Crippen LogP contribution in [0, 0.1) is 0 Å². The van der Waals surface area contributed by atoms with Gasteiger partial charge in [0.2, 0.25) is 0 Å². The maximum atomic E-state index is 12.2. The topological polar surface area (TPSA) is 50.4 Å². The summed E-state index contributed by atoms with van der Waals surface area (Å²) in [5, 5.41) is 6.43. The molecule has 132 valence electrons. The lowest BCUT2D eigenvalue weighted by molar-refractivity contribution is 0.0565. The second kappa shape index (κ2) is 9.19. The van der Waals surface area contributed by atoms with Crippen molar-refractivity contribution in [2.75, 3.05) is 26.2 Å². The van der Waals surface area contributed by atoms with E-state index in [2.05, 4.69) is 22.8 Å². The third-order valence-electron chi connectivity index (χ3n) is 5.20. The standard InChI is InChI=1S/C20H30N2O2/c23-20(22-13-4-14-24-19-6-1-2-7-19)17-10-8-16(9-11-17)18-5-3-12-21-15-18/h8-11,18-19,21H,1-7,12-15H2,(H,22,23). The van der Waals surface area contributed by atoms with Gasteiger partial charge in [-0.15, -0.1) is 0 Å². The molecule has 1 unspecified atom stereocenters. The zero-order valence-electron chi connectivity index (χ0n) is 14.6. The molecule has 1 atom stereocenters. The highest BCUT2D eigenvalue weighted by atomic mass is 16.5. The minimum Gasteiger partial charge on any atom is -0.378 e. The molecule has 4 nitrogen and oxygen atoms in total. The Balaban J connectivity index is 1.36. The van der Waals surface area contributed by atoms with E-state index in [4.69, 9.17) is 4.74 Å².